The van der Waals surface area contributed by atoms with E-state index in [1.165, 1.54) is 25.3 Å². The number of hydrogen-bond donors (Lipinski definition) is 1. The van der Waals surface area contributed by atoms with Gasteiger partial charge in [-0.15, -0.1) is 0 Å². The van der Waals surface area contributed by atoms with E-state index in [1.54, 1.807) is 12.1 Å². The molecule has 1 amide bonds. The molecule has 0 aliphatic rings. The minimum absolute atomic E-state index is 0.0444. The number of ketones is 1. The number of pyridine rings is 1. The third-order valence-corrected chi connectivity index (χ3v) is 6.68. The van der Waals surface area contributed by atoms with E-state index in [2.05, 4.69) is 10.1 Å². The minimum atomic E-state index is -4.73. The number of hydrogen-bond acceptors (Lipinski definition) is 6. The molecule has 0 spiro atoms. The van der Waals surface area contributed by atoms with E-state index in [-0.39, 0.29) is 22.9 Å². The number of benzene rings is 2. The van der Waals surface area contributed by atoms with Crippen LogP contribution in [0.5, 0.6) is 5.75 Å². The summed E-state index contributed by atoms with van der Waals surface area (Å²) in [6.07, 6.45) is -6.13. The molecule has 1 heterocycles. The second-order valence-corrected chi connectivity index (χ2v) is 11.0. The minimum Gasteiger partial charge on any atom is -0.479 e. The molecule has 244 valence electrons. The van der Waals surface area contributed by atoms with Gasteiger partial charge in [-0.25, -0.2) is 8.78 Å². The Kier molecular flexibility index (Phi) is 10.9. The number of carbonyl (C=O) groups excluding carboxylic acids is 3. The monoisotopic (exact) mass is 666 g/mol. The van der Waals surface area contributed by atoms with Crippen molar-refractivity contribution < 1.29 is 54.6 Å². The second-order valence-electron chi connectivity index (χ2n) is 10.5. The fourth-order valence-electron chi connectivity index (χ4n) is 4.45. The fraction of sp³-hybridized carbons (Fsp3) is 0.379. The zero-order valence-corrected chi connectivity index (χ0v) is 24.6. The van der Waals surface area contributed by atoms with Crippen molar-refractivity contribution in [2.75, 3.05) is 6.61 Å². The maximum atomic E-state index is 14.1. The topological polar surface area (TPSA) is 104 Å². The molecule has 8 nitrogen and oxygen atoms in total. The maximum absolute atomic E-state index is 14.1. The summed E-state index contributed by atoms with van der Waals surface area (Å²) in [6, 6.07) is 2.64. The van der Waals surface area contributed by atoms with E-state index in [4.69, 9.17) is 16.3 Å². The number of nitrogens with zero attached hydrogens (tertiary/aromatic N) is 1. The van der Waals surface area contributed by atoms with Gasteiger partial charge in [-0.1, -0.05) is 24.6 Å². The van der Waals surface area contributed by atoms with E-state index in [9.17, 15) is 49.9 Å². The molecule has 0 radical (unpaired) electrons. The van der Waals surface area contributed by atoms with Gasteiger partial charge < -0.3 is 19.4 Å². The molecule has 2 aromatic carbocycles. The number of amides is 1. The van der Waals surface area contributed by atoms with Crippen LogP contribution in [0.2, 0.25) is 5.02 Å². The average molecular weight is 667 g/mol. The van der Waals surface area contributed by atoms with Crippen LogP contribution in [0.15, 0.2) is 41.3 Å². The lowest BCUT2D eigenvalue weighted by Crippen LogP contribution is -2.48. The maximum Gasteiger partial charge on any atom is 0.392 e. The Morgan fingerprint density at radius 1 is 1.00 bits per heavy atom. The highest BCUT2D eigenvalue weighted by atomic mass is 35.5. The van der Waals surface area contributed by atoms with Crippen LogP contribution in [0, 0.1) is 23.3 Å². The average Bonchev–Trinajstić information content (AvgIpc) is 2.91. The number of ether oxygens (including phenoxy) is 2. The van der Waals surface area contributed by atoms with Crippen LogP contribution >= 0.6 is 11.6 Å². The number of carbonyl (C=O) groups is 3. The number of alkyl halides is 3. The summed E-state index contributed by atoms with van der Waals surface area (Å²) in [5.41, 5.74) is -2.74. The summed E-state index contributed by atoms with van der Waals surface area (Å²) in [7, 11) is 0. The highest BCUT2D eigenvalue weighted by Crippen LogP contribution is 2.30. The number of halogens is 8. The van der Waals surface area contributed by atoms with Crippen LogP contribution in [0.25, 0.3) is 10.8 Å². The molecule has 3 rings (SSSR count). The van der Waals surface area contributed by atoms with Gasteiger partial charge >= 0.3 is 12.1 Å². The summed E-state index contributed by atoms with van der Waals surface area (Å²) in [6.45, 7) is 2.06. The molecule has 1 aromatic heterocycles. The zero-order valence-electron chi connectivity index (χ0n) is 23.9. The summed E-state index contributed by atoms with van der Waals surface area (Å²) in [4.78, 5) is 52.2. The summed E-state index contributed by atoms with van der Waals surface area (Å²) >= 11 is 5.99. The molecule has 2 atom stereocenters. The van der Waals surface area contributed by atoms with E-state index in [0.717, 1.165) is 18.4 Å². The standard InChI is InChI=1S/C29H26ClF7N2O6/c1-4-20(39-8-7-14-5-6-15(30)9-16(14)27(39)43)26(42)38-19(11-22(41)45-28(2,3)13-29(35,36)37)21(40)12-44-25-23(33)17(31)10-18(32)24(25)34/h5-10,19-20H,4,11-13H2,1-3H3,(H,38,42)/t19?,20-/m0/s1. The third-order valence-electron chi connectivity index (χ3n) is 6.44. The van der Waals surface area contributed by atoms with Crippen LogP contribution in [-0.2, 0) is 19.1 Å². The first-order valence-electron chi connectivity index (χ1n) is 13.2. The highest BCUT2D eigenvalue weighted by molar-refractivity contribution is 6.31. The quantitative estimate of drug-likeness (QED) is 0.145. The molecule has 0 bridgehead atoms. The van der Waals surface area contributed by atoms with Crippen LogP contribution in [0.4, 0.5) is 30.7 Å². The molecule has 1 unspecified atom stereocenters. The van der Waals surface area contributed by atoms with Crippen LogP contribution < -0.4 is 15.6 Å². The Balaban J connectivity index is 1.91. The number of nitrogens with one attached hydrogen (secondary N) is 1. The molecule has 1 N–H and O–H groups in total. The lowest BCUT2D eigenvalue weighted by atomic mass is 10.0. The van der Waals surface area contributed by atoms with Crippen molar-refractivity contribution in [3.05, 3.63) is 75.2 Å². The van der Waals surface area contributed by atoms with Gasteiger partial charge in [0.25, 0.3) is 5.56 Å². The van der Waals surface area contributed by atoms with Gasteiger partial charge in [0.15, 0.2) is 23.2 Å². The largest absolute Gasteiger partial charge is 0.479 e. The van der Waals surface area contributed by atoms with Gasteiger partial charge in [0.2, 0.25) is 17.5 Å². The van der Waals surface area contributed by atoms with Gasteiger partial charge in [-0.2, -0.15) is 22.0 Å². The lowest BCUT2D eigenvalue weighted by molar-refractivity contribution is -0.189. The van der Waals surface area contributed by atoms with Crippen molar-refractivity contribution in [3.63, 3.8) is 0 Å². The van der Waals surface area contributed by atoms with Gasteiger partial charge in [0.1, 0.15) is 24.3 Å². The molecule has 45 heavy (non-hydrogen) atoms. The molecule has 0 fully saturated rings. The molecular formula is C29H26ClF7N2O6. The highest BCUT2D eigenvalue weighted by Gasteiger charge is 2.40. The van der Waals surface area contributed by atoms with Crippen molar-refractivity contribution in [3.8, 4) is 5.75 Å². The first-order chi connectivity index (χ1) is 20.8. The second kappa shape index (κ2) is 13.9. The summed E-state index contributed by atoms with van der Waals surface area (Å²) in [5.74, 6) is -12.9. The number of Topliss-reactive ketones (excluding diaryl/α,β-unsaturated/α-hetero) is 1. The van der Waals surface area contributed by atoms with Crippen molar-refractivity contribution in [2.24, 2.45) is 0 Å². The normalized spacial score (nSPS) is 13.3. The Morgan fingerprint density at radius 2 is 1.62 bits per heavy atom. The van der Waals surface area contributed by atoms with Crippen molar-refractivity contribution in [1.82, 2.24) is 9.88 Å². The molecule has 0 aliphatic carbocycles. The Bertz CT molecular complexity index is 1650. The number of fused-ring (bicyclic) bond motifs is 1. The first-order valence-corrected chi connectivity index (χ1v) is 13.6. The van der Waals surface area contributed by atoms with E-state index in [0.29, 0.717) is 5.39 Å². The van der Waals surface area contributed by atoms with Crippen LogP contribution in [0.3, 0.4) is 0 Å². The van der Waals surface area contributed by atoms with Crippen LogP contribution in [-0.4, -0.2) is 46.7 Å². The number of rotatable bonds is 12. The molecule has 16 heteroatoms. The van der Waals surface area contributed by atoms with Crippen molar-refractivity contribution in [1.29, 1.82) is 0 Å². The molecule has 0 aliphatic heterocycles. The van der Waals surface area contributed by atoms with Gasteiger partial charge in [0, 0.05) is 22.7 Å². The Morgan fingerprint density at radius 3 is 2.20 bits per heavy atom. The molecular weight excluding hydrogens is 641 g/mol. The summed E-state index contributed by atoms with van der Waals surface area (Å²) < 4.78 is 105. The zero-order chi connectivity index (χ0) is 33.9. The Hall–Kier alpha value is -4.14. The van der Waals surface area contributed by atoms with E-state index < -0.39 is 95.5 Å². The van der Waals surface area contributed by atoms with E-state index >= 15 is 0 Å². The van der Waals surface area contributed by atoms with Gasteiger partial charge in [-0.05, 0) is 43.9 Å². The van der Waals surface area contributed by atoms with Gasteiger partial charge in [-0.3, -0.25) is 19.2 Å². The fourth-order valence-corrected chi connectivity index (χ4v) is 4.62. The SMILES string of the molecule is CC[C@@H](C(=O)NC(CC(=O)OC(C)(C)CC(F)(F)F)C(=O)COc1c(F)c(F)cc(F)c1F)n1ccc2ccc(Cl)cc2c1=O. The first kappa shape index (κ1) is 35.3. The van der Waals surface area contributed by atoms with Crippen molar-refractivity contribution in [2.45, 2.75) is 63.9 Å². The smallest absolute Gasteiger partial charge is 0.392 e. The van der Waals surface area contributed by atoms with Crippen molar-refractivity contribution >= 4 is 40.0 Å². The summed E-state index contributed by atoms with van der Waals surface area (Å²) in [5, 5.41) is 3.08. The number of esters is 1. The molecule has 0 saturated carbocycles. The van der Waals surface area contributed by atoms with E-state index in [1.807, 2.05) is 0 Å². The third kappa shape index (κ3) is 8.96. The van der Waals surface area contributed by atoms with Crippen LogP contribution in [0.1, 0.15) is 46.1 Å². The molecule has 0 saturated heterocycles. The Labute approximate surface area is 256 Å². The predicted molar refractivity (Wildman–Crippen MR) is 147 cm³/mol. The van der Waals surface area contributed by atoms with Gasteiger partial charge in [0.05, 0.1) is 12.8 Å². The molecule has 3 aromatic rings. The number of aromatic nitrogens is 1. The predicted octanol–water partition coefficient (Wildman–Crippen LogP) is 5.96. The lowest BCUT2D eigenvalue weighted by Gasteiger charge is -2.28.